The fraction of sp³-hybridized carbons (Fsp3) is 1.00. The molecule has 2 rings (SSSR count). The van der Waals surface area contributed by atoms with Crippen molar-refractivity contribution in [2.24, 2.45) is 23.2 Å². The maximum absolute atomic E-state index is 3.71. The highest BCUT2D eigenvalue weighted by molar-refractivity contribution is 5.08. The molecule has 3 unspecified atom stereocenters. The first kappa shape index (κ1) is 10.5. The van der Waals surface area contributed by atoms with Gasteiger partial charge in [-0.3, -0.25) is 0 Å². The van der Waals surface area contributed by atoms with E-state index in [1.54, 1.807) is 0 Å². The molecule has 0 heterocycles. The maximum atomic E-state index is 3.71. The highest BCUT2D eigenvalue weighted by Gasteiger charge is 2.57. The zero-order chi connectivity index (χ0) is 10.3. The molecule has 0 spiro atoms. The van der Waals surface area contributed by atoms with E-state index in [4.69, 9.17) is 0 Å². The van der Waals surface area contributed by atoms with Gasteiger partial charge in [0, 0.05) is 6.04 Å². The van der Waals surface area contributed by atoms with Crippen molar-refractivity contribution in [2.75, 3.05) is 6.54 Å². The molecule has 0 aliphatic heterocycles. The summed E-state index contributed by atoms with van der Waals surface area (Å²) < 4.78 is 0. The number of nitrogens with one attached hydrogen (secondary N) is 1. The van der Waals surface area contributed by atoms with Crippen LogP contribution in [0.25, 0.3) is 0 Å². The minimum absolute atomic E-state index is 0.436. The standard InChI is InChI=1S/C13H25N/c1-5-14-12(13(2,3)4)11-9-7-6-8-10(9)11/h9-12,14H,5-8H2,1-4H3. The number of hydrogen-bond acceptors (Lipinski definition) is 1. The lowest BCUT2D eigenvalue weighted by atomic mass is 9.81. The Hall–Kier alpha value is -0.0400. The Bertz CT molecular complexity index is 194. The predicted octanol–water partition coefficient (Wildman–Crippen LogP) is 3.06. The van der Waals surface area contributed by atoms with Crippen molar-refractivity contribution < 1.29 is 0 Å². The van der Waals surface area contributed by atoms with E-state index in [0.29, 0.717) is 5.41 Å². The molecule has 0 amide bonds. The molecule has 0 aromatic carbocycles. The van der Waals surface area contributed by atoms with Crippen molar-refractivity contribution in [1.29, 1.82) is 0 Å². The fourth-order valence-corrected chi connectivity index (χ4v) is 3.61. The summed E-state index contributed by atoms with van der Waals surface area (Å²) in [6.07, 6.45) is 4.51. The predicted molar refractivity (Wildman–Crippen MR) is 61.2 cm³/mol. The molecule has 1 N–H and O–H groups in total. The van der Waals surface area contributed by atoms with Crippen LogP contribution in [0.2, 0.25) is 0 Å². The summed E-state index contributed by atoms with van der Waals surface area (Å²) in [5.41, 5.74) is 0.436. The summed E-state index contributed by atoms with van der Waals surface area (Å²) in [6.45, 7) is 10.5. The van der Waals surface area contributed by atoms with Crippen LogP contribution in [-0.2, 0) is 0 Å². The molecule has 0 aromatic rings. The van der Waals surface area contributed by atoms with Gasteiger partial charge in [0.1, 0.15) is 0 Å². The second-order valence-electron chi connectivity index (χ2n) is 6.24. The Morgan fingerprint density at radius 2 is 1.79 bits per heavy atom. The van der Waals surface area contributed by atoms with Gasteiger partial charge in [0.05, 0.1) is 0 Å². The van der Waals surface area contributed by atoms with Crippen LogP contribution in [0.3, 0.4) is 0 Å². The van der Waals surface area contributed by atoms with Crippen molar-refractivity contribution >= 4 is 0 Å². The van der Waals surface area contributed by atoms with Gasteiger partial charge in [-0.05, 0) is 42.6 Å². The molecule has 2 saturated carbocycles. The van der Waals surface area contributed by atoms with E-state index in [2.05, 4.69) is 33.0 Å². The summed E-state index contributed by atoms with van der Waals surface area (Å²) in [5, 5.41) is 3.71. The lowest BCUT2D eigenvalue weighted by Crippen LogP contribution is -2.43. The van der Waals surface area contributed by atoms with Crippen LogP contribution in [-0.4, -0.2) is 12.6 Å². The van der Waals surface area contributed by atoms with Crippen LogP contribution in [0.4, 0.5) is 0 Å². The molecule has 14 heavy (non-hydrogen) atoms. The smallest absolute Gasteiger partial charge is 0.0149 e. The van der Waals surface area contributed by atoms with E-state index >= 15 is 0 Å². The normalized spacial score (nSPS) is 38.1. The second kappa shape index (κ2) is 3.52. The van der Waals surface area contributed by atoms with E-state index in [-0.39, 0.29) is 0 Å². The third-order valence-electron chi connectivity index (χ3n) is 4.21. The van der Waals surface area contributed by atoms with E-state index in [1.807, 2.05) is 0 Å². The summed E-state index contributed by atoms with van der Waals surface area (Å²) in [7, 11) is 0. The molecular formula is C13H25N. The van der Waals surface area contributed by atoms with Crippen molar-refractivity contribution in [3.8, 4) is 0 Å². The number of fused-ring (bicyclic) bond motifs is 1. The molecule has 0 saturated heterocycles. The van der Waals surface area contributed by atoms with Crippen LogP contribution >= 0.6 is 0 Å². The Labute approximate surface area is 88.7 Å². The highest BCUT2D eigenvalue weighted by atomic mass is 15.0. The molecule has 2 aliphatic rings. The number of rotatable bonds is 3. The van der Waals surface area contributed by atoms with Gasteiger partial charge in [-0.15, -0.1) is 0 Å². The highest BCUT2D eigenvalue weighted by Crippen LogP contribution is 2.60. The molecule has 2 aliphatic carbocycles. The number of hydrogen-bond donors (Lipinski definition) is 1. The molecule has 1 nitrogen and oxygen atoms in total. The van der Waals surface area contributed by atoms with Crippen molar-refractivity contribution in [3.63, 3.8) is 0 Å². The molecule has 0 bridgehead atoms. The van der Waals surface area contributed by atoms with Crippen molar-refractivity contribution in [2.45, 2.75) is 53.0 Å². The molecule has 0 radical (unpaired) electrons. The lowest BCUT2D eigenvalue weighted by molar-refractivity contribution is 0.224. The van der Waals surface area contributed by atoms with E-state index in [9.17, 15) is 0 Å². The fourth-order valence-electron chi connectivity index (χ4n) is 3.61. The van der Waals surface area contributed by atoms with Crippen LogP contribution in [0.15, 0.2) is 0 Å². The third-order valence-corrected chi connectivity index (χ3v) is 4.21. The van der Waals surface area contributed by atoms with Crippen LogP contribution in [0.1, 0.15) is 47.0 Å². The quantitative estimate of drug-likeness (QED) is 0.730. The van der Waals surface area contributed by atoms with Gasteiger partial charge in [-0.25, -0.2) is 0 Å². The first-order valence-corrected chi connectivity index (χ1v) is 6.29. The summed E-state index contributed by atoms with van der Waals surface area (Å²) in [4.78, 5) is 0. The van der Waals surface area contributed by atoms with Crippen LogP contribution in [0.5, 0.6) is 0 Å². The molecule has 2 fully saturated rings. The van der Waals surface area contributed by atoms with Gasteiger partial charge < -0.3 is 5.32 Å². The zero-order valence-electron chi connectivity index (χ0n) is 10.1. The topological polar surface area (TPSA) is 12.0 Å². The van der Waals surface area contributed by atoms with Crippen LogP contribution in [0, 0.1) is 23.2 Å². The van der Waals surface area contributed by atoms with Crippen molar-refractivity contribution in [3.05, 3.63) is 0 Å². The average Bonchev–Trinajstić information content (AvgIpc) is 2.57. The lowest BCUT2D eigenvalue weighted by Gasteiger charge is -2.33. The van der Waals surface area contributed by atoms with E-state index in [0.717, 1.165) is 30.3 Å². The monoisotopic (exact) mass is 195 g/mol. The third kappa shape index (κ3) is 1.71. The molecule has 1 heteroatoms. The summed E-state index contributed by atoms with van der Waals surface area (Å²) in [6, 6.07) is 0.753. The largest absolute Gasteiger partial charge is 0.313 e. The minimum Gasteiger partial charge on any atom is -0.313 e. The van der Waals surface area contributed by atoms with Gasteiger partial charge in [0.2, 0.25) is 0 Å². The molecule has 0 aromatic heterocycles. The van der Waals surface area contributed by atoms with Gasteiger partial charge in [0.15, 0.2) is 0 Å². The van der Waals surface area contributed by atoms with Crippen molar-refractivity contribution in [1.82, 2.24) is 5.32 Å². The first-order valence-electron chi connectivity index (χ1n) is 6.29. The first-order chi connectivity index (χ1) is 6.55. The molecule has 82 valence electrons. The molecule has 3 atom stereocenters. The Kier molecular flexibility index (Phi) is 2.63. The SMILES string of the molecule is CCNC(C1C2CCCC21)C(C)(C)C. The van der Waals surface area contributed by atoms with Gasteiger partial charge in [-0.1, -0.05) is 34.1 Å². The maximum Gasteiger partial charge on any atom is 0.0149 e. The van der Waals surface area contributed by atoms with Gasteiger partial charge >= 0.3 is 0 Å². The Morgan fingerprint density at radius 3 is 2.21 bits per heavy atom. The van der Waals surface area contributed by atoms with Gasteiger partial charge in [-0.2, -0.15) is 0 Å². The second-order valence-corrected chi connectivity index (χ2v) is 6.24. The Balaban J connectivity index is 1.99. The van der Waals surface area contributed by atoms with E-state index in [1.165, 1.54) is 19.3 Å². The zero-order valence-corrected chi connectivity index (χ0v) is 10.1. The minimum atomic E-state index is 0.436. The van der Waals surface area contributed by atoms with E-state index < -0.39 is 0 Å². The van der Waals surface area contributed by atoms with Gasteiger partial charge in [0.25, 0.3) is 0 Å². The summed E-state index contributed by atoms with van der Waals surface area (Å²) in [5.74, 6) is 3.17. The Morgan fingerprint density at radius 1 is 1.21 bits per heavy atom. The average molecular weight is 195 g/mol. The summed E-state index contributed by atoms with van der Waals surface area (Å²) >= 11 is 0. The van der Waals surface area contributed by atoms with Crippen LogP contribution < -0.4 is 5.32 Å². The molecular weight excluding hydrogens is 170 g/mol.